The van der Waals surface area contributed by atoms with Crippen molar-refractivity contribution in [3.8, 4) is 0 Å². The first kappa shape index (κ1) is 26.9. The van der Waals surface area contributed by atoms with Crippen LogP contribution < -0.4 is 5.32 Å². The van der Waals surface area contributed by atoms with E-state index in [1.807, 2.05) is 32.0 Å². The summed E-state index contributed by atoms with van der Waals surface area (Å²) in [7, 11) is -1.83. The quantitative estimate of drug-likeness (QED) is 0.393. The Labute approximate surface area is 225 Å². The van der Waals surface area contributed by atoms with E-state index >= 15 is 0 Å². The summed E-state index contributed by atoms with van der Waals surface area (Å²) in [6, 6.07) is 9.05. The lowest BCUT2D eigenvalue weighted by Crippen LogP contribution is -2.41. The molecule has 1 aliphatic carbocycles. The number of carbonyl (C=O) groups is 1. The third-order valence-electron chi connectivity index (χ3n) is 8.29. The average Bonchev–Trinajstić information content (AvgIpc) is 3.50. The van der Waals surface area contributed by atoms with Crippen LogP contribution in [0, 0.1) is 5.92 Å². The van der Waals surface area contributed by atoms with Gasteiger partial charge in [-0.25, -0.2) is 15.0 Å². The van der Waals surface area contributed by atoms with Crippen molar-refractivity contribution in [1.82, 2.24) is 19.5 Å². The van der Waals surface area contributed by atoms with Crippen molar-refractivity contribution < 1.29 is 18.7 Å². The maximum Gasteiger partial charge on any atom is 0.256 e. The number of hydrogen-bond donors (Lipinski definition) is 1. The Hall–Kier alpha value is -2.66. The van der Waals surface area contributed by atoms with Crippen LogP contribution >= 0.6 is 0 Å². The van der Waals surface area contributed by atoms with E-state index in [0.717, 1.165) is 12.8 Å². The smallest absolute Gasteiger partial charge is 0.256 e. The van der Waals surface area contributed by atoms with E-state index in [2.05, 4.69) is 58.7 Å². The topological polar surface area (TPSA) is 100 Å². The SMILES string of the molecule is CC1(C)O[C@@H]2[C@@H](CCO[Si](C)(C)C(C)(C)C)C[C@@H](n3cnc4c(NC(=O)c5ccccc5)ncnc43)[C@@H]2O1. The van der Waals surface area contributed by atoms with Crippen molar-refractivity contribution in [2.75, 3.05) is 11.9 Å². The van der Waals surface area contributed by atoms with Crippen molar-refractivity contribution in [1.29, 1.82) is 0 Å². The van der Waals surface area contributed by atoms with E-state index in [0.29, 0.717) is 29.2 Å². The number of ether oxygens (including phenoxy) is 2. The molecule has 1 N–H and O–H groups in total. The van der Waals surface area contributed by atoms with Gasteiger partial charge in [0.1, 0.15) is 12.4 Å². The molecule has 1 saturated carbocycles. The predicted molar refractivity (Wildman–Crippen MR) is 148 cm³/mol. The van der Waals surface area contributed by atoms with E-state index in [1.54, 1.807) is 18.5 Å². The fourth-order valence-corrected chi connectivity index (χ4v) is 6.31. The summed E-state index contributed by atoms with van der Waals surface area (Å²) in [5, 5.41) is 3.07. The van der Waals surface area contributed by atoms with Crippen LogP contribution in [-0.2, 0) is 13.9 Å². The predicted octanol–water partition coefficient (Wildman–Crippen LogP) is 5.57. The summed E-state index contributed by atoms with van der Waals surface area (Å²) < 4.78 is 21.4. The molecule has 3 heterocycles. The Morgan fingerprint density at radius 1 is 1.13 bits per heavy atom. The van der Waals surface area contributed by atoms with Crippen molar-refractivity contribution >= 4 is 31.2 Å². The second-order valence-electron chi connectivity index (χ2n) is 12.4. The zero-order chi connectivity index (χ0) is 27.3. The number of anilines is 1. The molecule has 204 valence electrons. The maximum absolute atomic E-state index is 12.8. The summed E-state index contributed by atoms with van der Waals surface area (Å²) in [6.07, 6.45) is 4.86. The minimum absolute atomic E-state index is 0.00257. The van der Waals surface area contributed by atoms with E-state index < -0.39 is 14.1 Å². The molecule has 1 amide bonds. The molecule has 0 radical (unpaired) electrons. The van der Waals surface area contributed by atoms with E-state index in [1.165, 1.54) is 6.33 Å². The van der Waals surface area contributed by atoms with Crippen molar-refractivity contribution in [2.45, 2.75) is 89.6 Å². The zero-order valence-corrected chi connectivity index (χ0v) is 24.4. The van der Waals surface area contributed by atoms with Crippen molar-refractivity contribution in [2.24, 2.45) is 5.92 Å². The number of hydrogen-bond acceptors (Lipinski definition) is 7. The fraction of sp³-hybridized carbons (Fsp3) is 0.571. The van der Waals surface area contributed by atoms with Gasteiger partial charge in [-0.3, -0.25) is 4.79 Å². The molecule has 9 nitrogen and oxygen atoms in total. The van der Waals surface area contributed by atoms with Gasteiger partial charge in [-0.1, -0.05) is 39.0 Å². The molecule has 3 aromatic rings. The molecule has 2 aliphatic rings. The Kier molecular flexibility index (Phi) is 6.96. The van der Waals surface area contributed by atoms with Gasteiger partial charge in [0.25, 0.3) is 5.91 Å². The molecular weight excluding hydrogens is 498 g/mol. The summed E-state index contributed by atoms with van der Waals surface area (Å²) in [4.78, 5) is 26.2. The normalized spacial score (nSPS) is 25.0. The number of aromatic nitrogens is 4. The summed E-state index contributed by atoms with van der Waals surface area (Å²) in [5.41, 5.74) is 1.77. The van der Waals surface area contributed by atoms with Gasteiger partial charge in [-0.15, -0.1) is 0 Å². The van der Waals surface area contributed by atoms with Gasteiger partial charge in [0.05, 0.1) is 18.5 Å². The van der Waals surface area contributed by atoms with Crippen LogP contribution in [0.15, 0.2) is 43.0 Å². The highest BCUT2D eigenvalue weighted by Crippen LogP contribution is 2.49. The molecule has 10 heteroatoms. The van der Waals surface area contributed by atoms with Crippen LogP contribution in [0.25, 0.3) is 11.2 Å². The highest BCUT2D eigenvalue weighted by Gasteiger charge is 2.54. The monoisotopic (exact) mass is 537 g/mol. The summed E-state index contributed by atoms with van der Waals surface area (Å²) in [6.45, 7) is 16.0. The van der Waals surface area contributed by atoms with Gasteiger partial charge in [0, 0.05) is 12.2 Å². The molecule has 1 aliphatic heterocycles. The minimum atomic E-state index is -1.83. The largest absolute Gasteiger partial charge is 0.417 e. The molecule has 4 atom stereocenters. The Balaban J connectivity index is 1.37. The number of amides is 1. The summed E-state index contributed by atoms with van der Waals surface area (Å²) in [5.74, 6) is -0.224. The van der Waals surface area contributed by atoms with Crippen molar-refractivity contribution in [3.63, 3.8) is 0 Å². The lowest BCUT2D eigenvalue weighted by molar-refractivity contribution is -0.160. The van der Waals surface area contributed by atoms with E-state index in [-0.39, 0.29) is 35.1 Å². The average molecular weight is 538 g/mol. The molecule has 2 fully saturated rings. The second kappa shape index (κ2) is 9.82. The highest BCUT2D eigenvalue weighted by molar-refractivity contribution is 6.74. The number of nitrogens with one attached hydrogen (secondary N) is 1. The lowest BCUT2D eigenvalue weighted by Gasteiger charge is -2.36. The molecule has 2 aromatic heterocycles. The Bertz CT molecular complexity index is 1300. The van der Waals surface area contributed by atoms with Crippen LogP contribution in [0.5, 0.6) is 0 Å². The lowest BCUT2D eigenvalue weighted by atomic mass is 10.0. The summed E-state index contributed by atoms with van der Waals surface area (Å²) >= 11 is 0. The second-order valence-corrected chi connectivity index (χ2v) is 17.2. The van der Waals surface area contributed by atoms with Gasteiger partial charge >= 0.3 is 0 Å². The number of fused-ring (bicyclic) bond motifs is 2. The first-order valence-corrected chi connectivity index (χ1v) is 16.3. The van der Waals surface area contributed by atoms with Gasteiger partial charge in [-0.2, -0.15) is 0 Å². The van der Waals surface area contributed by atoms with Gasteiger partial charge in [0.2, 0.25) is 0 Å². The molecule has 5 rings (SSSR count). The fourth-order valence-electron chi connectivity index (χ4n) is 5.25. The van der Waals surface area contributed by atoms with Gasteiger partial charge < -0.3 is 23.8 Å². The molecule has 0 spiro atoms. The van der Waals surface area contributed by atoms with Gasteiger partial charge in [0.15, 0.2) is 31.1 Å². The van der Waals surface area contributed by atoms with Crippen LogP contribution in [0.3, 0.4) is 0 Å². The van der Waals surface area contributed by atoms with Crippen LogP contribution in [0.4, 0.5) is 5.82 Å². The number of benzene rings is 1. The zero-order valence-electron chi connectivity index (χ0n) is 23.4. The maximum atomic E-state index is 12.8. The molecule has 38 heavy (non-hydrogen) atoms. The molecule has 1 aromatic carbocycles. The van der Waals surface area contributed by atoms with Crippen LogP contribution in [-0.4, -0.2) is 58.3 Å². The third kappa shape index (κ3) is 5.14. The van der Waals surface area contributed by atoms with Crippen LogP contribution in [0.1, 0.15) is 63.9 Å². The molecule has 0 unspecified atom stereocenters. The molecule has 1 saturated heterocycles. The minimum Gasteiger partial charge on any atom is -0.417 e. The third-order valence-corrected chi connectivity index (χ3v) is 12.8. The first-order chi connectivity index (χ1) is 17.9. The first-order valence-electron chi connectivity index (χ1n) is 13.4. The van der Waals surface area contributed by atoms with E-state index in [9.17, 15) is 4.79 Å². The number of nitrogens with zero attached hydrogens (tertiary/aromatic N) is 4. The number of rotatable bonds is 7. The molecule has 0 bridgehead atoms. The van der Waals surface area contributed by atoms with Crippen LogP contribution in [0.2, 0.25) is 18.1 Å². The highest BCUT2D eigenvalue weighted by atomic mass is 28.4. The standard InChI is InChI=1S/C28H39N5O4Si/c1-27(2,3)38(6,7)35-14-13-19-15-20(23-22(19)36-28(4,5)37-23)33-17-31-21-24(29-16-30-25(21)33)32-26(34)18-11-9-8-10-12-18/h8-12,16-17,19-20,22-23H,13-15H2,1-7H3,(H,29,30,32,34)/t19-,20+,22+,23-/m0/s1. The Morgan fingerprint density at radius 2 is 1.84 bits per heavy atom. The Morgan fingerprint density at radius 3 is 2.55 bits per heavy atom. The number of imidazole rings is 1. The van der Waals surface area contributed by atoms with E-state index in [4.69, 9.17) is 13.9 Å². The number of carbonyl (C=O) groups excluding carboxylic acids is 1. The molecular formula is C28H39N5O4Si. The van der Waals surface area contributed by atoms with Gasteiger partial charge in [-0.05, 0) is 62.9 Å². The van der Waals surface area contributed by atoms with Crippen molar-refractivity contribution in [3.05, 3.63) is 48.5 Å².